The van der Waals surface area contributed by atoms with Gasteiger partial charge in [-0.1, -0.05) is 48.5 Å². The van der Waals surface area contributed by atoms with Crippen molar-refractivity contribution in [2.24, 2.45) is 28.7 Å². The summed E-state index contributed by atoms with van der Waals surface area (Å²) in [6.07, 6.45) is 13.8. The third-order valence-electron chi connectivity index (χ3n) is 18.6. The number of anilines is 2. The molecule has 0 unspecified atom stereocenters. The number of nitrogens with two attached hydrogens (primary N) is 6. The zero-order chi connectivity index (χ0) is 89.0. The van der Waals surface area contributed by atoms with Crippen LogP contribution in [-0.4, -0.2) is 180 Å². The minimum absolute atomic E-state index is 0. The van der Waals surface area contributed by atoms with Gasteiger partial charge in [-0.2, -0.15) is 0 Å². The van der Waals surface area contributed by atoms with Gasteiger partial charge in [-0.25, -0.2) is 49.1 Å². The lowest BCUT2D eigenvalue weighted by Gasteiger charge is -2.20. The zero-order valence-electron chi connectivity index (χ0n) is 67.2. The van der Waals surface area contributed by atoms with Crippen LogP contribution in [0.15, 0.2) is 195 Å². The zero-order valence-corrected chi connectivity index (χ0v) is 69.7. The number of imidazole rings is 4. The number of nitrogen functional groups attached to an aromatic ring is 1. The van der Waals surface area contributed by atoms with E-state index in [9.17, 15) is 57.5 Å². The summed E-state index contributed by atoms with van der Waals surface area (Å²) in [5.74, 6) is -6.57. The molecule has 38 nitrogen and oxygen atoms in total. The Morgan fingerprint density at radius 1 is 0.400 bits per heavy atom. The second-order valence-electron chi connectivity index (χ2n) is 27.6. The molecule has 4 aromatic carbocycles. The maximum atomic E-state index is 12.8. The van der Waals surface area contributed by atoms with Crippen LogP contribution in [0.2, 0.25) is 0 Å². The van der Waals surface area contributed by atoms with E-state index in [1.165, 1.54) is 125 Å². The van der Waals surface area contributed by atoms with Crippen molar-refractivity contribution in [1.82, 2.24) is 73.3 Å². The van der Waals surface area contributed by atoms with E-state index in [1.54, 1.807) is 128 Å². The Labute approximate surface area is 724 Å². The summed E-state index contributed by atoms with van der Waals surface area (Å²) in [6, 6.07) is 39.7. The average Bonchev–Trinajstić information content (AvgIpc) is 1.68. The Kier molecular flexibility index (Phi) is 31.0. The molecule has 18 N–H and O–H groups in total. The monoisotopic (exact) mass is 1750 g/mol. The summed E-state index contributed by atoms with van der Waals surface area (Å²) in [5.41, 5.74) is 42.6. The molecular formula is C84H83ClN22O16S2. The Balaban J connectivity index is 0.000000164. The summed E-state index contributed by atoms with van der Waals surface area (Å²) in [4.78, 5) is 171. The number of ether oxygens (including phenoxy) is 2. The lowest BCUT2D eigenvalue weighted by atomic mass is 10.1. The van der Waals surface area contributed by atoms with Crippen LogP contribution in [0, 0.1) is 0 Å². The lowest BCUT2D eigenvalue weighted by molar-refractivity contribution is 0.0591. The highest BCUT2D eigenvalue weighted by molar-refractivity contribution is 7.16. The smallest absolute Gasteiger partial charge is 0.356 e. The van der Waals surface area contributed by atoms with Crippen LogP contribution in [0.25, 0.3) is 22.6 Å². The average molecular weight is 1760 g/mol. The number of aromatic nitrogens is 10. The Bertz CT molecular complexity index is 6420. The first-order valence-electron chi connectivity index (χ1n) is 37.5. The number of carboxylic acid groups (broad SMARTS) is 2. The van der Waals surface area contributed by atoms with Crippen molar-refractivity contribution >= 4 is 139 Å². The van der Waals surface area contributed by atoms with Crippen LogP contribution in [-0.2, 0) is 61.6 Å². The summed E-state index contributed by atoms with van der Waals surface area (Å²) in [5, 5.41) is 30.1. The Morgan fingerprint density at radius 3 is 1.11 bits per heavy atom. The number of pyridine rings is 4. The van der Waals surface area contributed by atoms with Gasteiger partial charge >= 0.3 is 23.9 Å². The van der Waals surface area contributed by atoms with Gasteiger partial charge in [0, 0.05) is 130 Å². The van der Waals surface area contributed by atoms with Gasteiger partial charge in [0.1, 0.15) is 39.7 Å². The van der Waals surface area contributed by atoms with Crippen molar-refractivity contribution in [1.29, 1.82) is 0 Å². The quantitative estimate of drug-likeness (QED) is 0.0364. The molecule has 0 radical (unpaired) electrons. The van der Waals surface area contributed by atoms with Crippen LogP contribution in [0.4, 0.5) is 10.3 Å². The maximum absolute atomic E-state index is 12.8. The number of halogens is 1. The molecule has 10 aromatic heterocycles. The first-order valence-corrected chi connectivity index (χ1v) is 39.1. The number of carboxylic acids is 2. The van der Waals surface area contributed by atoms with E-state index in [0.717, 1.165) is 61.4 Å². The number of carbonyl (C=O) groups excluding carboxylic acids is 10. The number of likely N-dealkylation sites (N-methyl/N-ethyl adjacent to an activating group) is 2. The number of nitrogens with one attached hydrogen (secondary N) is 4. The number of aromatic carboxylic acids is 2. The van der Waals surface area contributed by atoms with Gasteiger partial charge < -0.3 is 97.4 Å². The van der Waals surface area contributed by atoms with Crippen LogP contribution in [0.1, 0.15) is 168 Å². The van der Waals surface area contributed by atoms with E-state index in [0.29, 0.717) is 83.9 Å². The van der Waals surface area contributed by atoms with Crippen LogP contribution >= 0.6 is 35.1 Å². The largest absolute Gasteiger partial charge is 0.478 e. The predicted molar refractivity (Wildman–Crippen MR) is 463 cm³/mol. The van der Waals surface area contributed by atoms with Crippen LogP contribution < -0.4 is 55.7 Å². The summed E-state index contributed by atoms with van der Waals surface area (Å²) >= 11 is 3.12. The normalized spacial score (nSPS) is 11.8. The first-order chi connectivity index (χ1) is 59.4. The Hall–Kier alpha value is -15.5. The molecular weight excluding hydrogens is 1670 g/mol. The number of primary amides is 4. The van der Waals surface area contributed by atoms with E-state index in [2.05, 4.69) is 84.5 Å². The number of carbonyl (C=O) groups is 12. The van der Waals surface area contributed by atoms with Gasteiger partial charge in [-0.05, 0) is 133 Å². The highest BCUT2D eigenvalue weighted by atomic mass is 35.5. The number of rotatable bonds is 20. The van der Waals surface area contributed by atoms with Gasteiger partial charge in [0.25, 0.3) is 23.6 Å². The highest BCUT2D eigenvalue weighted by Gasteiger charge is 2.23. The molecule has 16 rings (SSSR count). The number of thiazole rings is 2. The molecule has 0 saturated heterocycles. The fraction of sp³-hybridized carbons (Fsp3) is 0.167. The van der Waals surface area contributed by atoms with Gasteiger partial charge in [-0.15, -0.1) is 35.1 Å². The summed E-state index contributed by atoms with van der Waals surface area (Å²) < 4.78 is 15.4. The van der Waals surface area contributed by atoms with Crippen molar-refractivity contribution in [3.8, 4) is 0 Å². The number of amides is 8. The highest BCUT2D eigenvalue weighted by Crippen LogP contribution is 2.29. The van der Waals surface area contributed by atoms with Gasteiger partial charge in [-0.3, -0.25) is 43.7 Å². The molecule has 12 heterocycles. The fourth-order valence-corrected chi connectivity index (χ4v) is 14.2. The molecule has 0 saturated carbocycles. The van der Waals surface area contributed by atoms with Gasteiger partial charge in [0.05, 0.1) is 64.6 Å². The minimum Gasteiger partial charge on any atom is -0.478 e. The summed E-state index contributed by atoms with van der Waals surface area (Å²) in [7, 11) is 6.86. The standard InChI is InChI=1S/C24H23N7O3S.C18H16N4O4.C17H14N4O4.C9H7N3O3.C9H11NO2.C7H11N3S.ClH/c1-30-8-7-17-19(13-30)35-24(28-17)29-22(33)15-4-2-3-14(9-15)10-26-23(34)18-12-31-11-16(21(25)32)5-6-20(31)27-18;1-26-18(25)12-4-2-3-11(7-12)8-20-17(24)14-10-22-9-13(16(19)23)5-6-15(22)21-14;18-15(22)12-4-5-14-20-13(9-21(14)8-12)16(23)19-7-10-2-1-3-11(6-10)17(24)25;10-8(13)5-1-2-7-11-6(9(14)15)4-12(7)3-5;1-12-9(11)8-4-2-3-7(5-8)6-10;1-10-3-2-5-6(4-10)11-7(8)9-5;/h2-6,9,11-12H,7-8,10,13H2,1H3,(H2,25,32)(H,26,34)(H,28,29,33);2-7,9-10H,8H2,1H3,(H2,19,23)(H,20,24);1-6,8-9H,7H2,(H2,18,22)(H,19,23)(H,24,25);1-4H,(H2,10,13)(H,14,15);2-5H,6,10H2,1H3;2-4H2,1H3,(H2,8,9);1H. The molecule has 125 heavy (non-hydrogen) atoms. The lowest BCUT2D eigenvalue weighted by Crippen LogP contribution is -2.25. The second-order valence-corrected chi connectivity index (χ2v) is 29.8. The van der Waals surface area contributed by atoms with Gasteiger partial charge in [0.2, 0.25) is 23.6 Å². The molecule has 0 spiro atoms. The Morgan fingerprint density at radius 2 is 0.736 bits per heavy atom. The van der Waals surface area contributed by atoms with Crippen molar-refractivity contribution in [2.75, 3.05) is 52.5 Å². The summed E-state index contributed by atoms with van der Waals surface area (Å²) in [6.45, 7) is 4.98. The molecule has 2 aliphatic heterocycles. The van der Waals surface area contributed by atoms with Crippen molar-refractivity contribution in [2.45, 2.75) is 52.1 Å². The molecule has 14 aromatic rings. The number of hydrogen-bond acceptors (Lipinski definition) is 26. The first kappa shape index (κ1) is 91.8. The SMILES string of the molecule is CN1CCc2nc(N)sc2C1.CN1CCc2nc(NC(=O)c3cccc(CNC(=O)c4cn5cc(C(N)=O)ccc5n4)c3)sc2C1.COC(=O)c1cccc(CN)c1.COC(=O)c1cccc(CNC(=O)c2cn3cc(C(N)=O)ccc3n2)c1.Cl.NC(=O)c1ccc2nc(C(=O)NCc3cccc(C(=O)O)c3)cn2c1.NC(=O)c1ccc2nc(C(=O)O)cn2c1. The number of benzene rings is 4. The van der Waals surface area contributed by atoms with Gasteiger partial charge in [0.15, 0.2) is 16.0 Å². The molecule has 0 bridgehead atoms. The number of fused-ring (bicyclic) bond motifs is 6. The van der Waals surface area contributed by atoms with Crippen LogP contribution in [0.3, 0.4) is 0 Å². The second kappa shape index (κ2) is 42.1. The molecule has 2 aliphatic rings. The maximum Gasteiger partial charge on any atom is 0.356 e. The number of methoxy groups -OCH3 is 2. The minimum atomic E-state index is -1.11. The van der Waals surface area contributed by atoms with E-state index >= 15 is 0 Å². The fourth-order valence-electron chi connectivity index (χ4n) is 12.2. The number of esters is 2. The molecule has 0 aliphatic carbocycles. The van der Waals surface area contributed by atoms with E-state index < -0.39 is 47.4 Å². The van der Waals surface area contributed by atoms with Crippen molar-refractivity contribution < 1.29 is 77.2 Å². The topological polar surface area (TPSA) is 569 Å². The third kappa shape index (κ3) is 24.6. The molecule has 8 amide bonds. The van der Waals surface area contributed by atoms with E-state index in [1.807, 2.05) is 12.1 Å². The van der Waals surface area contributed by atoms with Crippen molar-refractivity contribution in [3.05, 3.63) is 306 Å². The predicted octanol–water partition coefficient (Wildman–Crippen LogP) is 6.47. The number of nitrogens with zero attached hydrogens (tertiary/aromatic N) is 12. The van der Waals surface area contributed by atoms with E-state index in [-0.39, 0.29) is 84.1 Å². The van der Waals surface area contributed by atoms with Crippen LogP contribution in [0.5, 0.6) is 0 Å². The molecule has 0 atom stereocenters. The van der Waals surface area contributed by atoms with Crippen molar-refractivity contribution in [3.63, 3.8) is 0 Å². The molecule has 644 valence electrons. The number of hydrogen-bond donors (Lipinski definition) is 12. The third-order valence-corrected chi connectivity index (χ3v) is 20.5. The molecule has 0 fully saturated rings. The molecule has 41 heteroatoms. The van der Waals surface area contributed by atoms with E-state index in [4.69, 9.17) is 44.6 Å².